The molecule has 1 N–H and O–H groups in total. The minimum atomic E-state index is 0.821. The molecule has 3 rings (SSSR count). The summed E-state index contributed by atoms with van der Waals surface area (Å²) in [6.07, 6.45) is 3.29. The van der Waals surface area contributed by atoms with Crippen molar-refractivity contribution in [2.45, 2.75) is 33.4 Å². The summed E-state index contributed by atoms with van der Waals surface area (Å²) in [4.78, 5) is 4.66. The Morgan fingerprint density at radius 3 is 2.86 bits per heavy atom. The van der Waals surface area contributed by atoms with Crippen molar-refractivity contribution in [1.29, 1.82) is 0 Å². The van der Waals surface area contributed by atoms with Gasteiger partial charge in [-0.1, -0.05) is 25.1 Å². The summed E-state index contributed by atoms with van der Waals surface area (Å²) in [5.74, 6) is 0. The van der Waals surface area contributed by atoms with Crippen LogP contribution >= 0.6 is 0 Å². The molecule has 108 valence electrons. The number of pyridine rings is 1. The Morgan fingerprint density at radius 1 is 1.10 bits per heavy atom. The van der Waals surface area contributed by atoms with Crippen LogP contribution in [-0.2, 0) is 13.1 Å². The number of rotatable bonds is 5. The molecule has 21 heavy (non-hydrogen) atoms. The molecule has 3 aromatic rings. The smallest absolute Gasteiger partial charge is 0.0936 e. The molecule has 0 radical (unpaired) electrons. The first-order valence-corrected chi connectivity index (χ1v) is 7.52. The average molecular weight is 279 g/mol. The third-order valence-electron chi connectivity index (χ3n) is 3.71. The molecule has 0 aliphatic carbocycles. The summed E-state index contributed by atoms with van der Waals surface area (Å²) in [5, 5.41) is 4.71. The largest absolute Gasteiger partial charge is 0.378 e. The van der Waals surface area contributed by atoms with Crippen LogP contribution in [0.5, 0.6) is 0 Å². The second-order valence-electron chi connectivity index (χ2n) is 5.38. The lowest BCUT2D eigenvalue weighted by atomic mass is 10.1. The van der Waals surface area contributed by atoms with Gasteiger partial charge in [-0.05, 0) is 37.6 Å². The van der Waals surface area contributed by atoms with Gasteiger partial charge in [-0.3, -0.25) is 4.98 Å². The summed E-state index contributed by atoms with van der Waals surface area (Å²) >= 11 is 0. The Labute approximate surface area is 125 Å². The molecule has 0 aliphatic rings. The first-order chi connectivity index (χ1) is 10.3. The summed E-state index contributed by atoms with van der Waals surface area (Å²) in [5.41, 5.74) is 4.50. The van der Waals surface area contributed by atoms with Gasteiger partial charge in [-0.15, -0.1) is 0 Å². The third-order valence-corrected chi connectivity index (χ3v) is 3.71. The number of nitrogens with zero attached hydrogens (tertiary/aromatic N) is 2. The topological polar surface area (TPSA) is 29.9 Å². The van der Waals surface area contributed by atoms with Crippen LogP contribution in [0.2, 0.25) is 0 Å². The van der Waals surface area contributed by atoms with E-state index in [9.17, 15) is 0 Å². The van der Waals surface area contributed by atoms with Gasteiger partial charge in [-0.25, -0.2) is 0 Å². The number of aromatic nitrogens is 2. The molecule has 0 saturated carbocycles. The average Bonchev–Trinajstić information content (AvgIpc) is 2.93. The molecule has 3 nitrogen and oxygen atoms in total. The lowest BCUT2D eigenvalue weighted by molar-refractivity contribution is 0.654. The number of nitrogens with one attached hydrogen (secondary N) is 1. The van der Waals surface area contributed by atoms with Gasteiger partial charge in [0.25, 0.3) is 0 Å². The Kier molecular flexibility index (Phi) is 3.91. The van der Waals surface area contributed by atoms with E-state index >= 15 is 0 Å². The zero-order valence-electron chi connectivity index (χ0n) is 12.6. The van der Waals surface area contributed by atoms with E-state index in [-0.39, 0.29) is 0 Å². The molecule has 0 bridgehead atoms. The number of hydrogen-bond donors (Lipinski definition) is 1. The van der Waals surface area contributed by atoms with E-state index in [0.29, 0.717) is 0 Å². The maximum atomic E-state index is 4.66. The fraction of sp³-hybridized carbons (Fsp3) is 0.278. The number of fused-ring (bicyclic) bond motifs is 1. The molecule has 3 heteroatoms. The molecule has 0 aliphatic heterocycles. The van der Waals surface area contributed by atoms with Gasteiger partial charge in [0.15, 0.2) is 0 Å². The van der Waals surface area contributed by atoms with E-state index in [4.69, 9.17) is 0 Å². The lowest BCUT2D eigenvalue weighted by Gasteiger charge is -2.12. The number of benzene rings is 1. The molecule has 0 unspecified atom stereocenters. The van der Waals surface area contributed by atoms with Gasteiger partial charge >= 0.3 is 0 Å². The second kappa shape index (κ2) is 6.00. The summed E-state index contributed by atoms with van der Waals surface area (Å²) < 4.78 is 2.30. The highest BCUT2D eigenvalue weighted by Gasteiger charge is 2.04. The van der Waals surface area contributed by atoms with Gasteiger partial charge in [0, 0.05) is 29.5 Å². The Hall–Kier alpha value is -2.29. The number of anilines is 1. The number of para-hydroxylation sites is 1. The highest BCUT2D eigenvalue weighted by Crippen LogP contribution is 2.22. The van der Waals surface area contributed by atoms with Crippen molar-refractivity contribution in [1.82, 2.24) is 9.55 Å². The summed E-state index contributed by atoms with van der Waals surface area (Å²) in [7, 11) is 0. The molecule has 0 spiro atoms. The van der Waals surface area contributed by atoms with E-state index in [0.717, 1.165) is 36.4 Å². The quantitative estimate of drug-likeness (QED) is 0.751. The highest BCUT2D eigenvalue weighted by molar-refractivity contribution is 5.90. The van der Waals surface area contributed by atoms with E-state index < -0.39 is 0 Å². The van der Waals surface area contributed by atoms with Crippen molar-refractivity contribution in [2.75, 3.05) is 5.32 Å². The van der Waals surface area contributed by atoms with Crippen LogP contribution in [0.4, 0.5) is 5.69 Å². The molecule has 0 saturated heterocycles. The minimum Gasteiger partial charge on any atom is -0.378 e. The Bertz CT molecular complexity index is 743. The Balaban J connectivity index is 1.85. The van der Waals surface area contributed by atoms with Crippen LogP contribution in [-0.4, -0.2) is 9.55 Å². The zero-order chi connectivity index (χ0) is 14.7. The highest BCUT2D eigenvalue weighted by atomic mass is 15.0. The zero-order valence-corrected chi connectivity index (χ0v) is 12.6. The SMILES string of the molecule is CCCn1cccc1CNc1cccc2ccc(C)nc12. The van der Waals surface area contributed by atoms with Crippen molar-refractivity contribution in [3.63, 3.8) is 0 Å². The molecule has 2 aromatic heterocycles. The molecule has 1 aromatic carbocycles. The van der Waals surface area contributed by atoms with Crippen LogP contribution in [0.15, 0.2) is 48.7 Å². The minimum absolute atomic E-state index is 0.821. The van der Waals surface area contributed by atoms with Crippen LogP contribution in [0.25, 0.3) is 10.9 Å². The van der Waals surface area contributed by atoms with Crippen molar-refractivity contribution in [3.05, 3.63) is 60.0 Å². The fourth-order valence-corrected chi connectivity index (χ4v) is 2.64. The van der Waals surface area contributed by atoms with Gasteiger partial charge in [0.2, 0.25) is 0 Å². The van der Waals surface area contributed by atoms with Crippen LogP contribution in [0.1, 0.15) is 24.7 Å². The first-order valence-electron chi connectivity index (χ1n) is 7.52. The molecule has 0 atom stereocenters. The Morgan fingerprint density at radius 2 is 2.00 bits per heavy atom. The number of hydrogen-bond acceptors (Lipinski definition) is 2. The van der Waals surface area contributed by atoms with Crippen LogP contribution < -0.4 is 5.32 Å². The van der Waals surface area contributed by atoms with Crippen molar-refractivity contribution >= 4 is 16.6 Å². The maximum Gasteiger partial charge on any atom is 0.0936 e. The van der Waals surface area contributed by atoms with Crippen molar-refractivity contribution in [3.8, 4) is 0 Å². The normalized spacial score (nSPS) is 11.0. The molecule has 2 heterocycles. The molecule has 0 amide bonds. The maximum absolute atomic E-state index is 4.66. The van der Waals surface area contributed by atoms with Crippen LogP contribution in [0, 0.1) is 6.92 Å². The van der Waals surface area contributed by atoms with E-state index in [2.05, 4.69) is 70.5 Å². The van der Waals surface area contributed by atoms with Gasteiger partial charge in [0.05, 0.1) is 17.7 Å². The van der Waals surface area contributed by atoms with E-state index in [1.54, 1.807) is 0 Å². The van der Waals surface area contributed by atoms with Crippen LogP contribution in [0.3, 0.4) is 0 Å². The van der Waals surface area contributed by atoms with Gasteiger partial charge in [-0.2, -0.15) is 0 Å². The predicted molar refractivity (Wildman–Crippen MR) is 88.5 cm³/mol. The summed E-state index contributed by atoms with van der Waals surface area (Å²) in [6, 6.07) is 14.7. The first kappa shape index (κ1) is 13.7. The van der Waals surface area contributed by atoms with E-state index in [1.807, 2.05) is 6.92 Å². The molecular formula is C18H21N3. The molecule has 0 fully saturated rings. The van der Waals surface area contributed by atoms with Crippen molar-refractivity contribution < 1.29 is 0 Å². The summed E-state index contributed by atoms with van der Waals surface area (Å²) in [6.45, 7) is 6.12. The third kappa shape index (κ3) is 2.92. The monoisotopic (exact) mass is 279 g/mol. The fourth-order valence-electron chi connectivity index (χ4n) is 2.64. The van der Waals surface area contributed by atoms with Gasteiger partial charge < -0.3 is 9.88 Å². The lowest BCUT2D eigenvalue weighted by Crippen LogP contribution is -2.07. The van der Waals surface area contributed by atoms with E-state index in [1.165, 1.54) is 11.1 Å². The second-order valence-corrected chi connectivity index (χ2v) is 5.38. The molecular weight excluding hydrogens is 258 g/mol. The van der Waals surface area contributed by atoms with Crippen molar-refractivity contribution in [2.24, 2.45) is 0 Å². The number of aryl methyl sites for hydroxylation is 2. The standard InChI is InChI=1S/C18H21N3/c1-3-11-21-12-5-7-16(21)13-19-17-8-4-6-15-10-9-14(2)20-18(15)17/h4-10,12,19H,3,11,13H2,1-2H3. The predicted octanol–water partition coefficient (Wildman–Crippen LogP) is 4.37. The van der Waals surface area contributed by atoms with Gasteiger partial charge in [0.1, 0.15) is 0 Å².